The second kappa shape index (κ2) is 9.33. The molecule has 0 aromatic heterocycles. The summed E-state index contributed by atoms with van der Waals surface area (Å²) in [5.74, 6) is -2.25. The predicted molar refractivity (Wildman–Crippen MR) is 103 cm³/mol. The van der Waals surface area contributed by atoms with Crippen molar-refractivity contribution in [2.24, 2.45) is 5.92 Å². The van der Waals surface area contributed by atoms with Crippen LogP contribution in [0.25, 0.3) is 0 Å². The van der Waals surface area contributed by atoms with Crippen LogP contribution < -0.4 is 0 Å². The van der Waals surface area contributed by atoms with Gasteiger partial charge in [0.15, 0.2) is 11.6 Å². The Hall–Kier alpha value is -2.51. The van der Waals surface area contributed by atoms with Crippen LogP contribution in [0.5, 0.6) is 0 Å². The van der Waals surface area contributed by atoms with Gasteiger partial charge in [-0.3, -0.25) is 14.4 Å². The molecule has 3 amide bonds. The van der Waals surface area contributed by atoms with Gasteiger partial charge in [0.2, 0.25) is 11.8 Å². The minimum Gasteiger partial charge on any atom is -0.343 e. The van der Waals surface area contributed by atoms with Crippen molar-refractivity contribution in [1.29, 1.82) is 0 Å². The summed E-state index contributed by atoms with van der Waals surface area (Å²) in [6.45, 7) is 4.76. The molecule has 0 atom stereocenters. The lowest BCUT2D eigenvalue weighted by Gasteiger charge is -2.38. The molecule has 0 radical (unpaired) electrons. The zero-order chi connectivity index (χ0) is 21.0. The number of piperazine rings is 1. The van der Waals surface area contributed by atoms with E-state index in [4.69, 9.17) is 0 Å². The average Bonchev–Trinajstić information content (AvgIpc) is 2.75. The molecule has 1 aromatic carbocycles. The van der Waals surface area contributed by atoms with E-state index >= 15 is 0 Å². The van der Waals surface area contributed by atoms with E-state index in [9.17, 15) is 23.2 Å². The van der Waals surface area contributed by atoms with Crippen LogP contribution in [-0.4, -0.2) is 71.7 Å². The molecule has 1 aromatic rings. The van der Waals surface area contributed by atoms with Crippen molar-refractivity contribution in [3.8, 4) is 0 Å². The van der Waals surface area contributed by atoms with E-state index in [2.05, 4.69) is 0 Å². The summed E-state index contributed by atoms with van der Waals surface area (Å²) < 4.78 is 26.4. The van der Waals surface area contributed by atoms with E-state index in [1.54, 1.807) is 9.80 Å². The number of amides is 3. The number of benzene rings is 1. The van der Waals surface area contributed by atoms with Crippen molar-refractivity contribution in [2.45, 2.75) is 32.6 Å². The molecule has 0 saturated carbocycles. The van der Waals surface area contributed by atoms with Crippen LogP contribution in [0.2, 0.25) is 0 Å². The van der Waals surface area contributed by atoms with Gasteiger partial charge in [0.25, 0.3) is 5.91 Å². The maximum atomic E-state index is 13.4. The summed E-state index contributed by atoms with van der Waals surface area (Å²) in [5.41, 5.74) is 0.104. The molecule has 0 N–H and O–H groups in total. The van der Waals surface area contributed by atoms with Gasteiger partial charge in [0.05, 0.1) is 0 Å². The molecule has 158 valence electrons. The Morgan fingerprint density at radius 3 is 2.10 bits per heavy atom. The Balaban J connectivity index is 1.49. The van der Waals surface area contributed by atoms with E-state index in [0.29, 0.717) is 58.5 Å². The van der Waals surface area contributed by atoms with E-state index < -0.39 is 11.6 Å². The third-order valence-corrected chi connectivity index (χ3v) is 5.71. The van der Waals surface area contributed by atoms with Crippen molar-refractivity contribution < 1.29 is 23.2 Å². The van der Waals surface area contributed by atoms with E-state index in [-0.39, 0.29) is 29.2 Å². The molecular weight excluding hydrogens is 380 g/mol. The zero-order valence-electron chi connectivity index (χ0n) is 16.7. The first-order valence-corrected chi connectivity index (χ1v) is 10.2. The topological polar surface area (TPSA) is 60.9 Å². The van der Waals surface area contributed by atoms with Crippen LogP contribution in [0, 0.1) is 17.6 Å². The van der Waals surface area contributed by atoms with Gasteiger partial charge in [-0.25, -0.2) is 8.78 Å². The highest BCUT2D eigenvalue weighted by Crippen LogP contribution is 2.22. The molecule has 0 spiro atoms. The first-order chi connectivity index (χ1) is 13.9. The summed E-state index contributed by atoms with van der Waals surface area (Å²) in [5, 5.41) is 0. The van der Waals surface area contributed by atoms with Crippen LogP contribution in [0.1, 0.15) is 43.0 Å². The summed E-state index contributed by atoms with van der Waals surface area (Å²) in [6, 6.07) is 3.12. The first-order valence-electron chi connectivity index (χ1n) is 10.2. The summed E-state index contributed by atoms with van der Waals surface area (Å²) in [4.78, 5) is 42.4. The second-order valence-electron chi connectivity index (χ2n) is 7.65. The lowest BCUT2D eigenvalue weighted by Crippen LogP contribution is -2.53. The van der Waals surface area contributed by atoms with Gasteiger partial charge < -0.3 is 14.7 Å². The highest BCUT2D eigenvalue weighted by molar-refractivity contribution is 5.94. The highest BCUT2D eigenvalue weighted by Gasteiger charge is 2.32. The molecule has 2 heterocycles. The van der Waals surface area contributed by atoms with Gasteiger partial charge in [-0.15, -0.1) is 0 Å². The molecule has 0 aliphatic carbocycles. The van der Waals surface area contributed by atoms with Crippen molar-refractivity contribution in [3.63, 3.8) is 0 Å². The molecule has 0 unspecified atom stereocenters. The van der Waals surface area contributed by atoms with Crippen LogP contribution in [0.15, 0.2) is 18.2 Å². The van der Waals surface area contributed by atoms with Gasteiger partial charge in [-0.1, -0.05) is 6.92 Å². The largest absolute Gasteiger partial charge is 0.343 e. The van der Waals surface area contributed by atoms with Crippen molar-refractivity contribution >= 4 is 17.7 Å². The van der Waals surface area contributed by atoms with Gasteiger partial charge in [0.1, 0.15) is 0 Å². The number of piperidine rings is 1. The molecule has 2 aliphatic heterocycles. The third kappa shape index (κ3) is 4.92. The quantitative estimate of drug-likeness (QED) is 0.770. The molecule has 2 saturated heterocycles. The summed E-state index contributed by atoms with van der Waals surface area (Å²) >= 11 is 0. The molecular formula is C21H27F2N3O3. The normalized spacial score (nSPS) is 18.1. The SMILES string of the molecule is CCCC(=O)N1CCC(C(=O)N2CCN(C(=O)c3ccc(F)c(F)c3)CC2)CC1. The number of hydrogen-bond acceptors (Lipinski definition) is 3. The standard InChI is InChI=1S/C21H27F2N3O3/c1-2-3-19(27)24-8-6-15(7-9-24)20(28)25-10-12-26(13-11-25)21(29)16-4-5-17(22)18(23)14-16/h4-5,14-15H,2-3,6-13H2,1H3. The molecule has 2 aliphatic rings. The Morgan fingerprint density at radius 1 is 0.897 bits per heavy atom. The monoisotopic (exact) mass is 407 g/mol. The van der Waals surface area contributed by atoms with Gasteiger partial charge in [0, 0.05) is 57.2 Å². The van der Waals surface area contributed by atoms with Crippen LogP contribution >= 0.6 is 0 Å². The number of nitrogens with zero attached hydrogens (tertiary/aromatic N) is 3. The Kier molecular flexibility index (Phi) is 6.82. The van der Waals surface area contributed by atoms with Gasteiger partial charge in [-0.05, 0) is 37.5 Å². The fourth-order valence-electron chi connectivity index (χ4n) is 3.95. The second-order valence-corrected chi connectivity index (χ2v) is 7.65. The Bertz CT molecular complexity index is 770. The minimum atomic E-state index is -1.05. The Labute approximate surface area is 169 Å². The summed E-state index contributed by atoms with van der Waals surface area (Å²) in [7, 11) is 0. The first kappa shape index (κ1) is 21.2. The van der Waals surface area contributed by atoms with Crippen LogP contribution in [0.3, 0.4) is 0 Å². The lowest BCUT2D eigenvalue weighted by molar-refractivity contribution is -0.141. The number of hydrogen-bond donors (Lipinski definition) is 0. The van der Waals surface area contributed by atoms with E-state index in [1.807, 2.05) is 11.8 Å². The maximum absolute atomic E-state index is 13.4. The van der Waals surface area contributed by atoms with Gasteiger partial charge >= 0.3 is 0 Å². The fourth-order valence-corrected chi connectivity index (χ4v) is 3.95. The average molecular weight is 407 g/mol. The van der Waals surface area contributed by atoms with Crippen molar-refractivity contribution in [2.75, 3.05) is 39.3 Å². The van der Waals surface area contributed by atoms with Crippen LogP contribution in [-0.2, 0) is 9.59 Å². The lowest BCUT2D eigenvalue weighted by atomic mass is 9.94. The third-order valence-electron chi connectivity index (χ3n) is 5.71. The molecule has 3 rings (SSSR count). The molecule has 29 heavy (non-hydrogen) atoms. The number of carbonyl (C=O) groups is 3. The zero-order valence-corrected chi connectivity index (χ0v) is 16.7. The number of halogens is 2. The minimum absolute atomic E-state index is 0.0764. The van der Waals surface area contributed by atoms with Crippen molar-refractivity contribution in [1.82, 2.24) is 14.7 Å². The molecule has 6 nitrogen and oxygen atoms in total. The number of rotatable bonds is 4. The molecule has 0 bridgehead atoms. The number of likely N-dealkylation sites (tertiary alicyclic amines) is 1. The van der Waals surface area contributed by atoms with E-state index in [1.165, 1.54) is 6.07 Å². The van der Waals surface area contributed by atoms with Crippen LogP contribution in [0.4, 0.5) is 8.78 Å². The molecule has 8 heteroatoms. The number of carbonyl (C=O) groups excluding carboxylic acids is 3. The fraction of sp³-hybridized carbons (Fsp3) is 0.571. The highest BCUT2D eigenvalue weighted by atomic mass is 19.2. The maximum Gasteiger partial charge on any atom is 0.254 e. The Morgan fingerprint density at radius 2 is 1.52 bits per heavy atom. The van der Waals surface area contributed by atoms with Gasteiger partial charge in [-0.2, -0.15) is 0 Å². The summed E-state index contributed by atoms with van der Waals surface area (Å²) in [6.07, 6.45) is 2.71. The smallest absolute Gasteiger partial charge is 0.254 e. The van der Waals surface area contributed by atoms with E-state index in [0.717, 1.165) is 18.6 Å². The molecule has 2 fully saturated rings. The van der Waals surface area contributed by atoms with Crippen molar-refractivity contribution in [3.05, 3.63) is 35.4 Å². The predicted octanol–water partition coefficient (Wildman–Crippen LogP) is 2.29.